The first kappa shape index (κ1) is 15.4. The predicted octanol–water partition coefficient (Wildman–Crippen LogP) is 0.274. The number of carboxylic acids is 1. The molecule has 0 atom stereocenters. The topological polar surface area (TPSA) is 95.5 Å². The lowest BCUT2D eigenvalue weighted by Crippen LogP contribution is -2.30. The van der Waals surface area contributed by atoms with Gasteiger partial charge in [0.2, 0.25) is 11.8 Å². The molecule has 0 bridgehead atoms. The molecule has 6 heteroatoms. The summed E-state index contributed by atoms with van der Waals surface area (Å²) in [7, 11) is 0. The number of carboxylic acid groups (broad SMARTS) is 1. The summed E-state index contributed by atoms with van der Waals surface area (Å²) in [5.74, 6) is -1.03. The Morgan fingerprint density at radius 1 is 0.941 bits per heavy atom. The Morgan fingerprint density at radius 2 is 1.65 bits per heavy atom. The zero-order valence-corrected chi connectivity index (χ0v) is 10.1. The molecule has 0 saturated carbocycles. The van der Waals surface area contributed by atoms with Crippen molar-refractivity contribution in [2.24, 2.45) is 0 Å². The van der Waals surface area contributed by atoms with E-state index in [0.29, 0.717) is 19.5 Å². The third-order valence-corrected chi connectivity index (χ3v) is 2.12. The van der Waals surface area contributed by atoms with Gasteiger partial charge < -0.3 is 15.7 Å². The lowest BCUT2D eigenvalue weighted by atomic mass is 10.2. The van der Waals surface area contributed by atoms with Crippen molar-refractivity contribution in [3.8, 4) is 0 Å². The molecule has 0 aromatic carbocycles. The standard InChI is InChI=1S/C11H20N2O4/c1-9(14)12-8-6-10(15)13-7-4-2-3-5-11(16)17/h2-8H2,1H3,(H,12,14)(H,13,15)(H,16,17). The molecule has 0 spiro atoms. The molecule has 0 unspecified atom stereocenters. The summed E-state index contributed by atoms with van der Waals surface area (Å²) in [5, 5.41) is 13.6. The van der Waals surface area contributed by atoms with Gasteiger partial charge in [-0.2, -0.15) is 0 Å². The average molecular weight is 244 g/mol. The van der Waals surface area contributed by atoms with Crippen LogP contribution in [0, 0.1) is 0 Å². The van der Waals surface area contributed by atoms with Crippen molar-refractivity contribution in [3.05, 3.63) is 0 Å². The number of rotatable bonds is 9. The fourth-order valence-corrected chi connectivity index (χ4v) is 1.25. The molecule has 0 aliphatic rings. The van der Waals surface area contributed by atoms with Gasteiger partial charge in [0.15, 0.2) is 0 Å². The number of carbonyl (C=O) groups is 3. The normalized spacial score (nSPS) is 9.71. The van der Waals surface area contributed by atoms with Gasteiger partial charge in [0.25, 0.3) is 0 Å². The lowest BCUT2D eigenvalue weighted by molar-refractivity contribution is -0.137. The molecule has 0 saturated heterocycles. The molecular weight excluding hydrogens is 224 g/mol. The maximum absolute atomic E-state index is 11.2. The summed E-state index contributed by atoms with van der Waals surface area (Å²) in [6, 6.07) is 0. The van der Waals surface area contributed by atoms with Crippen LogP contribution in [-0.2, 0) is 14.4 Å². The van der Waals surface area contributed by atoms with Crippen molar-refractivity contribution in [1.29, 1.82) is 0 Å². The minimum Gasteiger partial charge on any atom is -0.481 e. The molecule has 2 amide bonds. The predicted molar refractivity (Wildman–Crippen MR) is 62.4 cm³/mol. The number of hydrogen-bond acceptors (Lipinski definition) is 3. The van der Waals surface area contributed by atoms with E-state index in [1.54, 1.807) is 0 Å². The molecule has 0 rings (SSSR count). The van der Waals surface area contributed by atoms with E-state index < -0.39 is 5.97 Å². The number of nitrogens with one attached hydrogen (secondary N) is 2. The number of unbranched alkanes of at least 4 members (excludes halogenated alkanes) is 2. The highest BCUT2D eigenvalue weighted by Gasteiger charge is 2.01. The minimum atomic E-state index is -0.788. The van der Waals surface area contributed by atoms with Crippen molar-refractivity contribution in [2.75, 3.05) is 13.1 Å². The van der Waals surface area contributed by atoms with Gasteiger partial charge in [0.05, 0.1) is 0 Å². The van der Waals surface area contributed by atoms with E-state index in [1.807, 2.05) is 0 Å². The fourth-order valence-electron chi connectivity index (χ4n) is 1.25. The van der Waals surface area contributed by atoms with Crippen molar-refractivity contribution < 1.29 is 19.5 Å². The van der Waals surface area contributed by atoms with E-state index in [2.05, 4.69) is 10.6 Å². The van der Waals surface area contributed by atoms with Crippen molar-refractivity contribution in [3.63, 3.8) is 0 Å². The summed E-state index contributed by atoms with van der Waals surface area (Å²) >= 11 is 0. The van der Waals surface area contributed by atoms with Gasteiger partial charge in [-0.15, -0.1) is 0 Å². The molecule has 6 nitrogen and oxygen atoms in total. The van der Waals surface area contributed by atoms with E-state index in [1.165, 1.54) is 6.92 Å². The van der Waals surface area contributed by atoms with E-state index >= 15 is 0 Å². The first-order valence-corrected chi connectivity index (χ1v) is 5.75. The third-order valence-electron chi connectivity index (χ3n) is 2.12. The Labute approximate surface area is 101 Å². The molecule has 17 heavy (non-hydrogen) atoms. The summed E-state index contributed by atoms with van der Waals surface area (Å²) in [6.07, 6.45) is 2.65. The summed E-state index contributed by atoms with van der Waals surface area (Å²) in [4.78, 5) is 31.9. The average Bonchev–Trinajstić information content (AvgIpc) is 2.22. The second kappa shape index (κ2) is 9.62. The number of carbonyl (C=O) groups excluding carboxylic acids is 2. The number of amides is 2. The smallest absolute Gasteiger partial charge is 0.303 e. The SMILES string of the molecule is CC(=O)NCCC(=O)NCCCCCC(=O)O. The Balaban J connectivity index is 3.27. The largest absolute Gasteiger partial charge is 0.481 e. The molecule has 0 radical (unpaired) electrons. The molecule has 98 valence electrons. The highest BCUT2D eigenvalue weighted by Crippen LogP contribution is 1.98. The third kappa shape index (κ3) is 12.3. The van der Waals surface area contributed by atoms with Crippen LogP contribution in [0.5, 0.6) is 0 Å². The summed E-state index contributed by atoms with van der Waals surface area (Å²) in [6.45, 7) is 2.30. The Hall–Kier alpha value is -1.59. The number of hydrogen-bond donors (Lipinski definition) is 3. The highest BCUT2D eigenvalue weighted by atomic mass is 16.4. The molecule has 3 N–H and O–H groups in total. The van der Waals surface area contributed by atoms with Crippen LogP contribution < -0.4 is 10.6 Å². The highest BCUT2D eigenvalue weighted by molar-refractivity contribution is 5.77. The van der Waals surface area contributed by atoms with E-state index in [4.69, 9.17) is 5.11 Å². The van der Waals surface area contributed by atoms with Gasteiger partial charge in [-0.1, -0.05) is 6.42 Å². The molecule has 0 fully saturated rings. The van der Waals surface area contributed by atoms with Gasteiger partial charge in [-0.05, 0) is 12.8 Å². The van der Waals surface area contributed by atoms with Crippen LogP contribution in [0.4, 0.5) is 0 Å². The van der Waals surface area contributed by atoms with E-state index in [-0.39, 0.29) is 24.7 Å². The lowest BCUT2D eigenvalue weighted by Gasteiger charge is -2.05. The van der Waals surface area contributed by atoms with Crippen LogP contribution in [0.3, 0.4) is 0 Å². The molecule has 0 aromatic heterocycles. The van der Waals surface area contributed by atoms with Crippen molar-refractivity contribution >= 4 is 17.8 Å². The second-order valence-corrected chi connectivity index (χ2v) is 3.79. The zero-order valence-electron chi connectivity index (χ0n) is 10.1. The Kier molecular flexibility index (Phi) is 8.72. The summed E-state index contributed by atoms with van der Waals surface area (Å²) in [5.41, 5.74) is 0. The number of aliphatic carboxylic acids is 1. The van der Waals surface area contributed by atoms with E-state index in [0.717, 1.165) is 12.8 Å². The summed E-state index contributed by atoms with van der Waals surface area (Å²) < 4.78 is 0. The zero-order chi connectivity index (χ0) is 13.1. The molecule has 0 heterocycles. The van der Waals surface area contributed by atoms with Crippen LogP contribution in [0.15, 0.2) is 0 Å². The maximum atomic E-state index is 11.2. The minimum absolute atomic E-state index is 0.100. The molecular formula is C11H20N2O4. The van der Waals surface area contributed by atoms with Gasteiger partial charge in [-0.3, -0.25) is 14.4 Å². The van der Waals surface area contributed by atoms with Crippen molar-refractivity contribution in [1.82, 2.24) is 10.6 Å². The Bertz CT molecular complexity index is 266. The maximum Gasteiger partial charge on any atom is 0.303 e. The van der Waals surface area contributed by atoms with Gasteiger partial charge in [-0.25, -0.2) is 0 Å². The molecule has 0 aliphatic carbocycles. The van der Waals surface area contributed by atoms with Crippen LogP contribution >= 0.6 is 0 Å². The quantitative estimate of drug-likeness (QED) is 0.507. The first-order valence-electron chi connectivity index (χ1n) is 5.75. The first-order chi connectivity index (χ1) is 8.02. The van der Waals surface area contributed by atoms with Crippen LogP contribution in [-0.4, -0.2) is 36.0 Å². The van der Waals surface area contributed by atoms with Gasteiger partial charge in [0.1, 0.15) is 0 Å². The van der Waals surface area contributed by atoms with Crippen molar-refractivity contribution in [2.45, 2.75) is 39.0 Å². The second-order valence-electron chi connectivity index (χ2n) is 3.79. The fraction of sp³-hybridized carbons (Fsp3) is 0.727. The van der Waals surface area contributed by atoms with Crippen LogP contribution in [0.2, 0.25) is 0 Å². The van der Waals surface area contributed by atoms with Gasteiger partial charge >= 0.3 is 5.97 Å². The van der Waals surface area contributed by atoms with E-state index in [9.17, 15) is 14.4 Å². The van der Waals surface area contributed by atoms with Gasteiger partial charge in [0, 0.05) is 32.9 Å². The molecule has 0 aliphatic heterocycles. The van der Waals surface area contributed by atoms with Crippen LogP contribution in [0.25, 0.3) is 0 Å². The monoisotopic (exact) mass is 244 g/mol. The molecule has 0 aromatic rings. The van der Waals surface area contributed by atoms with Crippen LogP contribution in [0.1, 0.15) is 39.0 Å². The Morgan fingerprint density at radius 3 is 2.24 bits per heavy atom.